The molecule has 8 aromatic rings. The number of benzene rings is 7. The van der Waals surface area contributed by atoms with E-state index < -0.39 is 0 Å². The summed E-state index contributed by atoms with van der Waals surface area (Å²) in [5.74, 6) is 0. The quantitative estimate of drug-likeness (QED) is 0.182. The molecule has 0 saturated carbocycles. The number of hydrogen-bond donors (Lipinski definition) is 0. The Labute approximate surface area is 260 Å². The molecule has 0 atom stereocenters. The van der Waals surface area contributed by atoms with Crippen molar-refractivity contribution in [3.05, 3.63) is 181 Å². The van der Waals surface area contributed by atoms with Gasteiger partial charge in [0, 0.05) is 33.5 Å². The first-order chi connectivity index (χ1) is 22.7. The molecule has 8 rings (SSSR count). The third kappa shape index (κ3) is 4.73. The summed E-state index contributed by atoms with van der Waals surface area (Å²) >= 11 is 0. The first kappa shape index (κ1) is 23.7. The first-order valence-electron chi connectivity index (χ1n) is 15.9. The predicted molar refractivity (Wildman–Crippen MR) is 188 cm³/mol. The van der Waals surface area contributed by atoms with Gasteiger partial charge in [-0.1, -0.05) is 109 Å². The van der Waals surface area contributed by atoms with E-state index in [1.54, 1.807) is 0 Å². The van der Waals surface area contributed by atoms with Gasteiger partial charge in [0.1, 0.15) is 0 Å². The molecule has 0 aliphatic heterocycles. The Morgan fingerprint density at radius 3 is 1.70 bits per heavy atom. The number of nitrogens with zero attached hydrogens (tertiary/aromatic N) is 2. The van der Waals surface area contributed by atoms with Gasteiger partial charge in [-0.2, -0.15) is 0 Å². The molecule has 0 spiro atoms. The van der Waals surface area contributed by atoms with Crippen LogP contribution < -0.4 is 4.90 Å². The fraction of sp³-hybridized carbons (Fsp3) is 0. The lowest BCUT2D eigenvalue weighted by Crippen LogP contribution is -2.09. The van der Waals surface area contributed by atoms with Crippen molar-refractivity contribution in [1.82, 2.24) is 4.57 Å². The maximum absolute atomic E-state index is 9.08. The Kier molecular flexibility index (Phi) is 5.97. The van der Waals surface area contributed by atoms with Gasteiger partial charge in [-0.3, -0.25) is 0 Å². The summed E-state index contributed by atoms with van der Waals surface area (Å²) in [5.41, 5.74) is 7.98. The minimum atomic E-state index is 0.201. The monoisotopic (exact) mass is 564 g/mol. The van der Waals surface area contributed by atoms with Crippen LogP contribution in [0, 0.1) is 0 Å². The molecule has 0 unspecified atom stereocenters. The summed E-state index contributed by atoms with van der Waals surface area (Å²) in [6, 6.07) is 58.4. The summed E-state index contributed by atoms with van der Waals surface area (Å²) in [5, 5.41) is 4.31. The number of hydrogen-bond acceptors (Lipinski definition) is 1. The van der Waals surface area contributed by atoms with E-state index in [1.807, 2.05) is 48.5 Å². The molecule has 0 aliphatic carbocycles. The minimum Gasteiger partial charge on any atom is -0.310 e. The standard InChI is InChI=1S/C42H30N2/c1-4-12-35(13-5-1)43(36-14-6-2-7-15-36)38-26-25-33-28-31(22-24-34(33)30-38)20-21-32-23-27-42-40(29-32)39-18-10-11-19-41(39)44(42)37-16-8-3-9-17-37/h1-30H/b21-20+/i20D,21D. The molecule has 0 bridgehead atoms. The highest BCUT2D eigenvalue weighted by Gasteiger charge is 2.13. The maximum Gasteiger partial charge on any atom is 0.0629 e. The Hall–Kier alpha value is -5.86. The number of para-hydroxylation sites is 4. The molecule has 0 aliphatic rings. The Morgan fingerprint density at radius 1 is 0.432 bits per heavy atom. The smallest absolute Gasteiger partial charge is 0.0629 e. The van der Waals surface area contributed by atoms with Gasteiger partial charge in [0.25, 0.3) is 0 Å². The van der Waals surface area contributed by atoms with E-state index in [2.05, 4.69) is 131 Å². The molecule has 44 heavy (non-hydrogen) atoms. The van der Waals surface area contributed by atoms with Gasteiger partial charge in [0.05, 0.1) is 13.8 Å². The highest BCUT2D eigenvalue weighted by Crippen LogP contribution is 2.36. The van der Waals surface area contributed by atoms with Crippen LogP contribution in [0.4, 0.5) is 17.1 Å². The predicted octanol–water partition coefficient (Wildman–Crippen LogP) is 11.6. The molecule has 2 nitrogen and oxygen atoms in total. The summed E-state index contributed by atoms with van der Waals surface area (Å²) in [7, 11) is 0. The number of anilines is 3. The molecule has 0 radical (unpaired) electrons. The molecule has 0 N–H and O–H groups in total. The fourth-order valence-corrected chi connectivity index (χ4v) is 6.10. The van der Waals surface area contributed by atoms with Crippen LogP contribution in [0.3, 0.4) is 0 Å². The van der Waals surface area contributed by atoms with Gasteiger partial charge in [0.2, 0.25) is 0 Å². The second-order valence-corrected chi connectivity index (χ2v) is 10.9. The largest absolute Gasteiger partial charge is 0.310 e. The van der Waals surface area contributed by atoms with Crippen molar-refractivity contribution in [2.75, 3.05) is 4.90 Å². The van der Waals surface area contributed by atoms with E-state index in [-0.39, 0.29) is 12.1 Å². The summed E-state index contributed by atoms with van der Waals surface area (Å²) in [6.45, 7) is 0. The normalized spacial score (nSPS) is 12.6. The van der Waals surface area contributed by atoms with Crippen molar-refractivity contribution in [1.29, 1.82) is 0 Å². The molecular weight excluding hydrogens is 532 g/mol. The molecular formula is C42H30N2. The molecule has 1 heterocycles. The SMILES string of the molecule is [2H]/C(=C(/[2H])c1ccc2c(c1)c1ccccc1n2-c1ccccc1)c1ccc2cc(N(c3ccccc3)c3ccccc3)ccc2c1. The summed E-state index contributed by atoms with van der Waals surface area (Å²) < 4.78 is 20.4. The second kappa shape index (κ2) is 11.1. The molecule has 208 valence electrons. The van der Waals surface area contributed by atoms with Gasteiger partial charge >= 0.3 is 0 Å². The van der Waals surface area contributed by atoms with Gasteiger partial charge in [-0.15, -0.1) is 0 Å². The number of rotatable bonds is 6. The van der Waals surface area contributed by atoms with E-state index in [1.165, 1.54) is 0 Å². The Morgan fingerprint density at radius 2 is 0.977 bits per heavy atom. The van der Waals surface area contributed by atoms with Crippen molar-refractivity contribution in [2.24, 2.45) is 0 Å². The van der Waals surface area contributed by atoms with Gasteiger partial charge < -0.3 is 9.47 Å². The maximum atomic E-state index is 9.08. The third-order valence-electron chi connectivity index (χ3n) is 8.15. The highest BCUT2D eigenvalue weighted by molar-refractivity contribution is 6.10. The highest BCUT2D eigenvalue weighted by atomic mass is 15.1. The lowest BCUT2D eigenvalue weighted by Gasteiger charge is -2.25. The average Bonchev–Trinajstić information content (AvgIpc) is 3.46. The van der Waals surface area contributed by atoms with E-state index in [4.69, 9.17) is 2.74 Å². The van der Waals surface area contributed by atoms with Crippen molar-refractivity contribution in [3.8, 4) is 5.69 Å². The molecule has 2 heteroatoms. The van der Waals surface area contributed by atoms with Crippen LogP contribution in [0.15, 0.2) is 170 Å². The van der Waals surface area contributed by atoms with Crippen LogP contribution in [0.5, 0.6) is 0 Å². The van der Waals surface area contributed by atoms with Crippen LogP contribution in [-0.2, 0) is 0 Å². The van der Waals surface area contributed by atoms with E-state index in [9.17, 15) is 0 Å². The molecule has 7 aromatic carbocycles. The summed E-state index contributed by atoms with van der Waals surface area (Å²) in [6.07, 6.45) is 0. The van der Waals surface area contributed by atoms with Gasteiger partial charge in [0.15, 0.2) is 0 Å². The Balaban J connectivity index is 1.18. The topological polar surface area (TPSA) is 8.17 Å². The van der Waals surface area contributed by atoms with E-state index >= 15 is 0 Å². The lowest BCUT2D eigenvalue weighted by atomic mass is 10.0. The zero-order valence-corrected chi connectivity index (χ0v) is 24.1. The minimum absolute atomic E-state index is 0.201. The van der Waals surface area contributed by atoms with Crippen LogP contribution in [0.25, 0.3) is 50.4 Å². The van der Waals surface area contributed by atoms with Crippen molar-refractivity contribution in [2.45, 2.75) is 0 Å². The lowest BCUT2D eigenvalue weighted by molar-refractivity contribution is 1.18. The van der Waals surface area contributed by atoms with Gasteiger partial charge in [-0.25, -0.2) is 0 Å². The Bertz CT molecular complexity index is 2340. The number of fused-ring (bicyclic) bond motifs is 4. The van der Waals surface area contributed by atoms with Crippen LogP contribution in [0.2, 0.25) is 0 Å². The van der Waals surface area contributed by atoms with Gasteiger partial charge in [-0.05, 0) is 94.7 Å². The third-order valence-corrected chi connectivity index (χ3v) is 8.15. The molecule has 0 fully saturated rings. The summed E-state index contributed by atoms with van der Waals surface area (Å²) in [4.78, 5) is 2.25. The number of aromatic nitrogens is 1. The van der Waals surface area contributed by atoms with Crippen molar-refractivity contribution < 1.29 is 2.74 Å². The van der Waals surface area contributed by atoms with Crippen LogP contribution in [0.1, 0.15) is 13.9 Å². The zero-order chi connectivity index (χ0) is 31.0. The molecule has 1 aromatic heterocycles. The zero-order valence-electron chi connectivity index (χ0n) is 26.1. The van der Waals surface area contributed by atoms with Crippen LogP contribution >= 0.6 is 0 Å². The van der Waals surface area contributed by atoms with E-state index in [0.29, 0.717) is 0 Å². The molecule has 0 amide bonds. The first-order valence-corrected chi connectivity index (χ1v) is 14.9. The van der Waals surface area contributed by atoms with Crippen LogP contribution in [-0.4, -0.2) is 4.57 Å². The molecule has 0 saturated heterocycles. The second-order valence-electron chi connectivity index (χ2n) is 10.9. The van der Waals surface area contributed by atoms with E-state index in [0.717, 1.165) is 66.5 Å². The van der Waals surface area contributed by atoms with Crippen molar-refractivity contribution in [3.63, 3.8) is 0 Å². The average molecular weight is 565 g/mol. The van der Waals surface area contributed by atoms with Crippen molar-refractivity contribution >= 4 is 61.7 Å². The fourth-order valence-electron chi connectivity index (χ4n) is 6.10.